The van der Waals surface area contributed by atoms with Gasteiger partial charge in [-0.2, -0.15) is 0 Å². The van der Waals surface area contributed by atoms with E-state index in [0.717, 1.165) is 0 Å². The van der Waals surface area contributed by atoms with Gasteiger partial charge in [0, 0.05) is 6.04 Å². The van der Waals surface area contributed by atoms with Crippen LogP contribution in [0.25, 0.3) is 0 Å². The fourth-order valence-corrected chi connectivity index (χ4v) is 1.12. The molecule has 10 heavy (non-hydrogen) atoms. The lowest BCUT2D eigenvalue weighted by molar-refractivity contribution is -0.122. The van der Waals surface area contributed by atoms with Gasteiger partial charge in [0.05, 0.1) is 19.1 Å². The first kappa shape index (κ1) is 7.50. The summed E-state index contributed by atoms with van der Waals surface area (Å²) in [5, 5.41) is 2.97. The summed E-state index contributed by atoms with van der Waals surface area (Å²) in [6.07, 6.45) is 0. The predicted octanol–water partition coefficient (Wildman–Crippen LogP) is -1.29. The number of carbonyl (C=O) groups excluding carboxylic acids is 1. The van der Waals surface area contributed by atoms with Crippen LogP contribution in [0.1, 0.15) is 0 Å². The highest BCUT2D eigenvalue weighted by Crippen LogP contribution is 2.11. The van der Waals surface area contributed by atoms with Gasteiger partial charge in [0.15, 0.2) is 0 Å². The third-order valence-corrected chi connectivity index (χ3v) is 1.82. The Hall–Kier alpha value is -0.610. The van der Waals surface area contributed by atoms with E-state index >= 15 is 0 Å². The Balaban J connectivity index is 2.50. The predicted molar refractivity (Wildman–Crippen MR) is 36.4 cm³/mol. The average molecular weight is 144 g/mol. The van der Waals surface area contributed by atoms with E-state index in [2.05, 4.69) is 5.32 Å². The topological polar surface area (TPSA) is 64.3 Å². The summed E-state index contributed by atoms with van der Waals surface area (Å²) in [5.74, 6) is -0.429. The van der Waals surface area contributed by atoms with E-state index in [1.807, 2.05) is 0 Å². The molecule has 4 nitrogen and oxygen atoms in total. The van der Waals surface area contributed by atoms with Crippen LogP contribution in [0.15, 0.2) is 0 Å². The first-order valence-electron chi connectivity index (χ1n) is 3.30. The van der Waals surface area contributed by atoms with Crippen molar-refractivity contribution in [3.05, 3.63) is 0 Å². The largest absolute Gasteiger partial charge is 0.379 e. The number of hydrogen-bond acceptors (Lipinski definition) is 3. The number of rotatable bonds is 2. The van der Waals surface area contributed by atoms with Gasteiger partial charge in [-0.05, 0) is 7.05 Å². The van der Waals surface area contributed by atoms with Crippen molar-refractivity contribution < 1.29 is 9.53 Å². The van der Waals surface area contributed by atoms with Crippen molar-refractivity contribution in [2.75, 3.05) is 20.3 Å². The Kier molecular flexibility index (Phi) is 2.24. The van der Waals surface area contributed by atoms with Gasteiger partial charge in [-0.1, -0.05) is 0 Å². The van der Waals surface area contributed by atoms with E-state index in [9.17, 15) is 4.79 Å². The van der Waals surface area contributed by atoms with Crippen molar-refractivity contribution in [2.24, 2.45) is 11.7 Å². The Bertz CT molecular complexity index is 138. The minimum absolute atomic E-state index is 0.109. The third kappa shape index (κ3) is 1.27. The monoisotopic (exact) mass is 144 g/mol. The van der Waals surface area contributed by atoms with Gasteiger partial charge in [-0.25, -0.2) is 0 Å². The second-order valence-corrected chi connectivity index (χ2v) is 2.44. The Morgan fingerprint density at radius 3 is 2.80 bits per heavy atom. The van der Waals surface area contributed by atoms with Gasteiger partial charge in [0.1, 0.15) is 0 Å². The van der Waals surface area contributed by atoms with E-state index in [-0.39, 0.29) is 17.9 Å². The quantitative estimate of drug-likeness (QED) is 0.506. The van der Waals surface area contributed by atoms with Crippen LogP contribution in [0.4, 0.5) is 0 Å². The lowest BCUT2D eigenvalue weighted by atomic mass is 10.0. The van der Waals surface area contributed by atoms with Crippen molar-refractivity contribution in [1.82, 2.24) is 5.32 Å². The molecule has 0 aliphatic carbocycles. The normalized spacial score (nSPS) is 32.5. The molecular formula is C6H12N2O2. The zero-order chi connectivity index (χ0) is 7.56. The molecule has 0 aromatic rings. The smallest absolute Gasteiger partial charge is 0.224 e. The van der Waals surface area contributed by atoms with Crippen LogP contribution in [0.5, 0.6) is 0 Å². The molecule has 0 bridgehead atoms. The molecule has 1 saturated heterocycles. The van der Waals surface area contributed by atoms with Crippen LogP contribution >= 0.6 is 0 Å². The van der Waals surface area contributed by atoms with Gasteiger partial charge >= 0.3 is 0 Å². The van der Waals surface area contributed by atoms with Crippen LogP contribution in [0.2, 0.25) is 0 Å². The molecule has 0 aromatic heterocycles. The molecule has 2 unspecified atom stereocenters. The lowest BCUT2D eigenvalue weighted by Gasteiger charge is -2.11. The van der Waals surface area contributed by atoms with Gasteiger partial charge < -0.3 is 15.8 Å². The minimum atomic E-state index is -0.281. The van der Waals surface area contributed by atoms with E-state index in [1.165, 1.54) is 0 Å². The maximum absolute atomic E-state index is 10.7. The number of carbonyl (C=O) groups is 1. The summed E-state index contributed by atoms with van der Waals surface area (Å²) in [6, 6.07) is 0.109. The standard InChI is InChI=1S/C6H12N2O2/c1-8-5-3-10-2-4(5)6(7)9/h4-5,8H,2-3H2,1H3,(H2,7,9). The number of nitrogens with two attached hydrogens (primary N) is 1. The van der Waals surface area contributed by atoms with Crippen LogP contribution in [-0.2, 0) is 9.53 Å². The highest BCUT2D eigenvalue weighted by atomic mass is 16.5. The van der Waals surface area contributed by atoms with Gasteiger partial charge in [0.2, 0.25) is 5.91 Å². The summed E-state index contributed by atoms with van der Waals surface area (Å²) in [5.41, 5.74) is 5.10. The first-order chi connectivity index (χ1) is 4.75. The minimum Gasteiger partial charge on any atom is -0.379 e. The summed E-state index contributed by atoms with van der Waals surface area (Å²) < 4.78 is 5.06. The van der Waals surface area contributed by atoms with Gasteiger partial charge in [-0.15, -0.1) is 0 Å². The molecule has 0 saturated carbocycles. The number of nitrogens with one attached hydrogen (secondary N) is 1. The molecule has 0 aromatic carbocycles. The van der Waals surface area contributed by atoms with Crippen molar-refractivity contribution >= 4 is 5.91 Å². The van der Waals surface area contributed by atoms with E-state index in [0.29, 0.717) is 13.2 Å². The van der Waals surface area contributed by atoms with Crippen LogP contribution in [0.3, 0.4) is 0 Å². The molecular weight excluding hydrogens is 132 g/mol. The lowest BCUT2D eigenvalue weighted by Crippen LogP contribution is -2.40. The highest BCUT2D eigenvalue weighted by molar-refractivity contribution is 5.77. The molecule has 1 amide bonds. The molecule has 3 N–H and O–H groups in total. The SMILES string of the molecule is CNC1COCC1C(N)=O. The molecule has 2 atom stereocenters. The molecule has 58 valence electrons. The number of amides is 1. The highest BCUT2D eigenvalue weighted by Gasteiger charge is 2.30. The maximum Gasteiger partial charge on any atom is 0.224 e. The summed E-state index contributed by atoms with van der Waals surface area (Å²) >= 11 is 0. The number of hydrogen-bond donors (Lipinski definition) is 2. The molecule has 1 aliphatic heterocycles. The van der Waals surface area contributed by atoms with Crippen molar-refractivity contribution in [1.29, 1.82) is 0 Å². The average Bonchev–Trinajstić information content (AvgIpc) is 2.33. The number of likely N-dealkylation sites (N-methyl/N-ethyl adjacent to an activating group) is 1. The molecule has 1 heterocycles. The van der Waals surface area contributed by atoms with E-state index in [1.54, 1.807) is 7.05 Å². The van der Waals surface area contributed by atoms with Crippen LogP contribution in [-0.4, -0.2) is 32.2 Å². The second-order valence-electron chi connectivity index (χ2n) is 2.44. The molecule has 1 fully saturated rings. The molecule has 0 spiro atoms. The molecule has 1 aliphatic rings. The van der Waals surface area contributed by atoms with Crippen molar-refractivity contribution in [3.8, 4) is 0 Å². The van der Waals surface area contributed by atoms with Crippen molar-refractivity contribution in [2.45, 2.75) is 6.04 Å². The van der Waals surface area contributed by atoms with Gasteiger partial charge in [-0.3, -0.25) is 4.79 Å². The van der Waals surface area contributed by atoms with E-state index in [4.69, 9.17) is 10.5 Å². The summed E-state index contributed by atoms with van der Waals surface area (Å²) in [6.45, 7) is 1.05. The Morgan fingerprint density at radius 2 is 2.40 bits per heavy atom. The van der Waals surface area contributed by atoms with E-state index < -0.39 is 0 Å². The molecule has 1 rings (SSSR count). The van der Waals surface area contributed by atoms with Crippen molar-refractivity contribution in [3.63, 3.8) is 0 Å². The Labute approximate surface area is 59.7 Å². The van der Waals surface area contributed by atoms with Crippen LogP contribution in [0, 0.1) is 5.92 Å². The van der Waals surface area contributed by atoms with Gasteiger partial charge in [0.25, 0.3) is 0 Å². The zero-order valence-electron chi connectivity index (χ0n) is 5.96. The fourth-order valence-electron chi connectivity index (χ4n) is 1.12. The number of ether oxygens (including phenoxy) is 1. The molecule has 0 radical (unpaired) electrons. The zero-order valence-corrected chi connectivity index (χ0v) is 5.96. The maximum atomic E-state index is 10.7. The third-order valence-electron chi connectivity index (χ3n) is 1.82. The first-order valence-corrected chi connectivity index (χ1v) is 3.30. The molecule has 4 heteroatoms. The number of primary amides is 1. The summed E-state index contributed by atoms with van der Waals surface area (Å²) in [4.78, 5) is 10.7. The summed E-state index contributed by atoms with van der Waals surface area (Å²) in [7, 11) is 1.80. The Morgan fingerprint density at radius 1 is 1.70 bits per heavy atom. The fraction of sp³-hybridized carbons (Fsp3) is 0.833. The second kappa shape index (κ2) is 2.98. The van der Waals surface area contributed by atoms with Crippen LogP contribution < -0.4 is 11.1 Å².